The number of amides is 3. The normalized spacial score (nSPS) is 16.6. The van der Waals surface area contributed by atoms with Crippen LogP contribution < -0.4 is 5.32 Å². The lowest BCUT2D eigenvalue weighted by atomic mass is 10.0. The Labute approximate surface area is 230 Å². The highest BCUT2D eigenvalue weighted by Gasteiger charge is 2.40. The van der Waals surface area contributed by atoms with Crippen molar-refractivity contribution in [2.75, 3.05) is 19.6 Å². The van der Waals surface area contributed by atoms with Crippen LogP contribution in [0.1, 0.15) is 22.6 Å². The van der Waals surface area contributed by atoms with E-state index in [4.69, 9.17) is 23.2 Å². The van der Waals surface area contributed by atoms with Gasteiger partial charge in [0.15, 0.2) is 0 Å². The number of aromatic nitrogens is 1. The number of hydrogen-bond donors (Lipinski definition) is 1. The lowest BCUT2D eigenvalue weighted by molar-refractivity contribution is -0.157. The molecule has 1 N–H and O–H groups in total. The fraction of sp³-hybridized carbons (Fsp3) is 0.333. The van der Waals surface area contributed by atoms with Crippen LogP contribution in [0, 0.1) is 0 Å². The van der Waals surface area contributed by atoms with Crippen molar-refractivity contribution in [2.45, 2.75) is 37.2 Å². The molecule has 37 heavy (non-hydrogen) atoms. The molecule has 1 fully saturated rings. The summed E-state index contributed by atoms with van der Waals surface area (Å²) in [6, 6.07) is 15.9. The van der Waals surface area contributed by atoms with E-state index < -0.39 is 11.5 Å². The van der Waals surface area contributed by atoms with Gasteiger partial charge in [0.2, 0.25) is 17.7 Å². The first kappa shape index (κ1) is 27.1. The summed E-state index contributed by atoms with van der Waals surface area (Å²) in [4.78, 5) is 48.1. The zero-order valence-electron chi connectivity index (χ0n) is 20.2. The molecule has 0 aliphatic carbocycles. The molecular weight excluding hydrogens is 531 g/mol. The van der Waals surface area contributed by atoms with Crippen LogP contribution >= 0.6 is 34.5 Å². The van der Waals surface area contributed by atoms with Crippen molar-refractivity contribution in [3.8, 4) is 0 Å². The Morgan fingerprint density at radius 2 is 1.89 bits per heavy atom. The van der Waals surface area contributed by atoms with Gasteiger partial charge in [-0.25, -0.2) is 0 Å². The van der Waals surface area contributed by atoms with E-state index in [1.807, 2.05) is 47.8 Å². The van der Waals surface area contributed by atoms with Gasteiger partial charge in [0, 0.05) is 47.7 Å². The van der Waals surface area contributed by atoms with Crippen LogP contribution in [0.2, 0.25) is 5.02 Å². The van der Waals surface area contributed by atoms with E-state index in [0.717, 1.165) is 16.1 Å². The second kappa shape index (κ2) is 13.0. The number of rotatable bonds is 11. The second-order valence-electron chi connectivity index (χ2n) is 8.83. The third-order valence-electron chi connectivity index (χ3n) is 6.19. The summed E-state index contributed by atoms with van der Waals surface area (Å²) in [6.07, 6.45) is 3.10. The maximum Gasteiger partial charge on any atom is 0.246 e. The number of nitrogens with one attached hydrogen (secondary N) is 1. The highest BCUT2D eigenvalue weighted by Crippen LogP contribution is 2.20. The molecule has 3 amide bonds. The molecule has 194 valence electrons. The average Bonchev–Trinajstić information content (AvgIpc) is 3.40. The van der Waals surface area contributed by atoms with Crippen LogP contribution in [0.5, 0.6) is 0 Å². The molecule has 2 atom stereocenters. The number of nitrogens with zero attached hydrogens (tertiary/aromatic N) is 3. The van der Waals surface area contributed by atoms with E-state index in [1.165, 1.54) is 4.90 Å². The molecule has 7 nitrogen and oxygen atoms in total. The molecule has 0 spiro atoms. The van der Waals surface area contributed by atoms with Crippen molar-refractivity contribution in [2.24, 2.45) is 0 Å². The molecule has 10 heteroatoms. The van der Waals surface area contributed by atoms with E-state index in [9.17, 15) is 14.4 Å². The Bertz CT molecular complexity index is 1190. The monoisotopic (exact) mass is 558 g/mol. The van der Waals surface area contributed by atoms with Crippen molar-refractivity contribution in [1.29, 1.82) is 0 Å². The van der Waals surface area contributed by atoms with Crippen molar-refractivity contribution in [1.82, 2.24) is 20.1 Å². The summed E-state index contributed by atoms with van der Waals surface area (Å²) in [5, 5.41) is 5.36. The topological polar surface area (TPSA) is 82.6 Å². The third kappa shape index (κ3) is 7.77. The van der Waals surface area contributed by atoms with Crippen LogP contribution in [-0.4, -0.2) is 63.7 Å². The molecule has 3 heterocycles. The molecule has 1 saturated heterocycles. The van der Waals surface area contributed by atoms with Crippen LogP contribution in [0.4, 0.5) is 0 Å². The molecule has 4 rings (SSSR count). The largest absolute Gasteiger partial charge is 0.340 e. The molecular formula is C27H28Cl2N4O3S. The first-order chi connectivity index (χ1) is 17.9. The lowest BCUT2D eigenvalue weighted by Gasteiger charge is -2.40. The lowest BCUT2D eigenvalue weighted by Crippen LogP contribution is -2.61. The Balaban J connectivity index is 1.42. The molecule has 1 aliphatic heterocycles. The van der Waals surface area contributed by atoms with Crippen molar-refractivity contribution >= 4 is 52.3 Å². The van der Waals surface area contributed by atoms with E-state index >= 15 is 0 Å². The number of piperazine rings is 1. The molecule has 0 radical (unpaired) electrons. The first-order valence-electron chi connectivity index (χ1n) is 12.1. The number of hydrogen-bond acceptors (Lipinski definition) is 5. The maximum absolute atomic E-state index is 13.5. The number of thiophene rings is 1. The minimum atomic E-state index is -0.885. The average molecular weight is 560 g/mol. The highest BCUT2D eigenvalue weighted by molar-refractivity contribution is 7.09. The van der Waals surface area contributed by atoms with Crippen LogP contribution in [-0.2, 0) is 33.6 Å². The fourth-order valence-corrected chi connectivity index (χ4v) is 5.41. The summed E-state index contributed by atoms with van der Waals surface area (Å²) in [5.41, 5.74) is 1.10. The van der Waals surface area contributed by atoms with Crippen LogP contribution in [0.3, 0.4) is 0 Å². The van der Waals surface area contributed by atoms with Crippen molar-refractivity contribution < 1.29 is 14.4 Å². The third-order valence-corrected chi connectivity index (χ3v) is 7.64. The van der Waals surface area contributed by atoms with E-state index in [-0.39, 0.29) is 30.7 Å². The fourth-order valence-electron chi connectivity index (χ4n) is 4.29. The molecule has 1 aromatic carbocycles. The summed E-state index contributed by atoms with van der Waals surface area (Å²) >= 11 is 13.9. The Morgan fingerprint density at radius 1 is 1.08 bits per heavy atom. The van der Waals surface area contributed by atoms with Crippen LogP contribution in [0.25, 0.3) is 0 Å². The first-order valence-corrected chi connectivity index (χ1v) is 13.8. The number of halogens is 2. The summed E-state index contributed by atoms with van der Waals surface area (Å²) in [6.45, 7) is 0.711. The van der Waals surface area contributed by atoms with Gasteiger partial charge in [-0.3, -0.25) is 19.4 Å². The highest BCUT2D eigenvalue weighted by atomic mass is 35.5. The minimum absolute atomic E-state index is 0.0110. The molecule has 1 aliphatic rings. The quantitative estimate of drug-likeness (QED) is 0.285. The summed E-state index contributed by atoms with van der Waals surface area (Å²) < 4.78 is 0. The predicted octanol–water partition coefficient (Wildman–Crippen LogP) is 3.94. The van der Waals surface area contributed by atoms with Crippen molar-refractivity contribution in [3.05, 3.63) is 87.3 Å². The van der Waals surface area contributed by atoms with Crippen molar-refractivity contribution in [3.63, 3.8) is 0 Å². The van der Waals surface area contributed by atoms with E-state index in [2.05, 4.69) is 10.3 Å². The summed E-state index contributed by atoms with van der Waals surface area (Å²) in [5.74, 6) is -0.785. The van der Waals surface area contributed by atoms with Gasteiger partial charge in [-0.15, -0.1) is 11.3 Å². The number of carbonyl (C=O) groups excluding carboxylic acids is 3. The smallest absolute Gasteiger partial charge is 0.246 e. The molecule has 0 bridgehead atoms. The van der Waals surface area contributed by atoms with Gasteiger partial charge in [0.05, 0.1) is 13.0 Å². The van der Waals surface area contributed by atoms with Crippen LogP contribution in [0.15, 0.2) is 66.2 Å². The van der Waals surface area contributed by atoms with E-state index in [0.29, 0.717) is 37.4 Å². The second-order valence-corrected chi connectivity index (χ2v) is 10.8. The number of carbonyl (C=O) groups is 3. The van der Waals surface area contributed by atoms with Gasteiger partial charge in [0.25, 0.3) is 0 Å². The summed E-state index contributed by atoms with van der Waals surface area (Å²) in [7, 11) is 0. The number of pyridine rings is 1. The number of alkyl halides is 1. The standard InChI is InChI=1S/C27H28Cl2N4O3S/c28-20-8-6-19(7-9-20)16-24(29)31-25(34)17-23-27(36)32(13-10-21-4-1-2-12-30-21)18-26(35)33(23)14-11-22-5-3-15-37-22/h1-9,12,15,23-24H,10-11,13-14,16-18H2,(H,31,34). The molecule has 2 unspecified atom stereocenters. The van der Waals surface area contributed by atoms with Gasteiger partial charge in [0.1, 0.15) is 11.5 Å². The minimum Gasteiger partial charge on any atom is -0.340 e. The maximum atomic E-state index is 13.5. The zero-order valence-corrected chi connectivity index (χ0v) is 22.5. The molecule has 2 aromatic heterocycles. The van der Waals surface area contributed by atoms with Gasteiger partial charge >= 0.3 is 0 Å². The van der Waals surface area contributed by atoms with Gasteiger partial charge in [-0.2, -0.15) is 0 Å². The van der Waals surface area contributed by atoms with Gasteiger partial charge in [-0.05, 0) is 47.7 Å². The Morgan fingerprint density at radius 3 is 2.59 bits per heavy atom. The SMILES string of the molecule is O=C(CC1C(=O)N(CCc2ccccn2)CC(=O)N1CCc1cccs1)NC(Cl)Cc1ccc(Cl)cc1. The zero-order chi connectivity index (χ0) is 26.2. The Hall–Kier alpha value is -2.94. The van der Waals surface area contributed by atoms with Gasteiger partial charge in [-0.1, -0.05) is 47.5 Å². The van der Waals surface area contributed by atoms with E-state index in [1.54, 1.807) is 34.6 Å². The number of benzene rings is 1. The molecule has 0 saturated carbocycles. The molecule has 3 aromatic rings. The predicted molar refractivity (Wildman–Crippen MR) is 146 cm³/mol. The Kier molecular flexibility index (Phi) is 9.55. The van der Waals surface area contributed by atoms with Gasteiger partial charge < -0.3 is 15.1 Å².